The summed E-state index contributed by atoms with van der Waals surface area (Å²) in [7, 11) is 0. The Morgan fingerprint density at radius 3 is 2.72 bits per heavy atom. The van der Waals surface area contributed by atoms with Crippen molar-refractivity contribution in [2.24, 2.45) is 0 Å². The molecule has 0 unspecified atom stereocenters. The first-order valence-electron chi connectivity index (χ1n) is 5.07. The van der Waals surface area contributed by atoms with E-state index < -0.39 is 10.9 Å². The molecule has 0 heterocycles. The van der Waals surface area contributed by atoms with Crippen LogP contribution in [-0.4, -0.2) is 23.8 Å². The maximum Gasteiger partial charge on any atom is 0.310 e. The minimum absolute atomic E-state index is 0.130. The number of hydrogen-bond acceptors (Lipinski definition) is 5. The minimum Gasteiger partial charge on any atom is -0.466 e. The van der Waals surface area contributed by atoms with Crippen molar-refractivity contribution in [2.75, 3.05) is 6.61 Å². The summed E-state index contributed by atoms with van der Waals surface area (Å²) in [6, 6.07) is 2.52. The number of halogens is 1. The van der Waals surface area contributed by atoms with Gasteiger partial charge >= 0.3 is 5.97 Å². The van der Waals surface area contributed by atoms with Gasteiger partial charge in [0, 0.05) is 11.6 Å². The first-order valence-corrected chi connectivity index (χ1v) is 5.87. The van der Waals surface area contributed by atoms with Gasteiger partial charge in [0.15, 0.2) is 0 Å². The van der Waals surface area contributed by atoms with Crippen molar-refractivity contribution in [1.29, 1.82) is 0 Å². The average molecular weight is 316 g/mol. The van der Waals surface area contributed by atoms with Crippen LogP contribution in [0, 0.1) is 10.1 Å². The maximum atomic E-state index is 11.4. The smallest absolute Gasteiger partial charge is 0.310 e. The molecular weight excluding hydrogens is 306 g/mol. The summed E-state index contributed by atoms with van der Waals surface area (Å²) < 4.78 is 4.88. The molecule has 1 aromatic carbocycles. The zero-order chi connectivity index (χ0) is 13.7. The van der Waals surface area contributed by atoms with Crippen molar-refractivity contribution in [3.05, 3.63) is 37.8 Å². The quantitative estimate of drug-likeness (QED) is 0.360. The van der Waals surface area contributed by atoms with Gasteiger partial charge in [0.1, 0.15) is 6.29 Å². The predicted octanol–water partition coefficient (Wildman–Crippen LogP) is 2.28. The molecule has 6 nitrogen and oxygen atoms in total. The highest BCUT2D eigenvalue weighted by Gasteiger charge is 2.20. The first kappa shape index (κ1) is 14.3. The molecule has 0 saturated carbocycles. The topological polar surface area (TPSA) is 86.5 Å². The Morgan fingerprint density at radius 2 is 2.22 bits per heavy atom. The minimum atomic E-state index is -0.590. The van der Waals surface area contributed by atoms with Gasteiger partial charge in [-0.05, 0) is 34.5 Å². The summed E-state index contributed by atoms with van der Waals surface area (Å²) in [5, 5.41) is 10.8. The number of benzene rings is 1. The molecule has 0 radical (unpaired) electrons. The first-order chi connectivity index (χ1) is 8.51. The standard InChI is InChI=1S/C11H10BrNO5/c1-2-18-10(15)5-8-7(6-14)3-4-9(11(8)12)13(16)17/h3-4,6H,2,5H2,1H3. The number of rotatable bonds is 5. The fourth-order valence-electron chi connectivity index (χ4n) is 1.41. The predicted molar refractivity (Wildman–Crippen MR) is 66.5 cm³/mol. The molecule has 0 amide bonds. The fraction of sp³-hybridized carbons (Fsp3) is 0.273. The summed E-state index contributed by atoms with van der Waals surface area (Å²) in [6.07, 6.45) is 0.354. The molecule has 18 heavy (non-hydrogen) atoms. The van der Waals surface area contributed by atoms with Crippen molar-refractivity contribution >= 4 is 33.9 Å². The number of nitro benzene ring substituents is 1. The fourth-order valence-corrected chi connectivity index (χ4v) is 2.06. The molecule has 0 fully saturated rings. The van der Waals surface area contributed by atoms with E-state index in [-0.39, 0.29) is 34.3 Å². The van der Waals surface area contributed by atoms with E-state index in [1.165, 1.54) is 12.1 Å². The van der Waals surface area contributed by atoms with Crippen molar-refractivity contribution in [3.8, 4) is 0 Å². The molecule has 7 heteroatoms. The summed E-state index contributed by atoms with van der Waals surface area (Å²) >= 11 is 3.04. The maximum absolute atomic E-state index is 11.4. The van der Waals surface area contributed by atoms with Gasteiger partial charge in [-0.15, -0.1) is 0 Å². The van der Waals surface area contributed by atoms with Crippen LogP contribution in [0.15, 0.2) is 16.6 Å². The van der Waals surface area contributed by atoms with Gasteiger partial charge in [0.05, 0.1) is 22.4 Å². The summed E-state index contributed by atoms with van der Waals surface area (Å²) in [6.45, 7) is 1.86. The number of hydrogen-bond donors (Lipinski definition) is 0. The summed E-state index contributed by atoms with van der Waals surface area (Å²) in [5.41, 5.74) is 0.290. The normalized spacial score (nSPS) is 9.89. The summed E-state index contributed by atoms with van der Waals surface area (Å²) in [4.78, 5) is 32.4. The largest absolute Gasteiger partial charge is 0.466 e. The van der Waals surface area contributed by atoms with E-state index in [1.807, 2.05) is 0 Å². The zero-order valence-electron chi connectivity index (χ0n) is 9.51. The van der Waals surface area contributed by atoms with E-state index >= 15 is 0 Å². The van der Waals surface area contributed by atoms with Crippen LogP contribution in [0.3, 0.4) is 0 Å². The molecule has 0 N–H and O–H groups in total. The number of carbonyl (C=O) groups excluding carboxylic acids is 2. The van der Waals surface area contributed by atoms with Crippen LogP contribution in [0.1, 0.15) is 22.8 Å². The lowest BCUT2D eigenvalue weighted by Gasteiger charge is -2.07. The van der Waals surface area contributed by atoms with Gasteiger partial charge < -0.3 is 4.74 Å². The van der Waals surface area contributed by atoms with Crippen LogP contribution in [0.4, 0.5) is 5.69 Å². The molecule has 0 aliphatic carbocycles. The van der Waals surface area contributed by atoms with E-state index in [0.29, 0.717) is 6.29 Å². The monoisotopic (exact) mass is 315 g/mol. The molecular formula is C11H10BrNO5. The number of nitrogens with zero attached hydrogens (tertiary/aromatic N) is 1. The lowest BCUT2D eigenvalue weighted by atomic mass is 10.0. The number of nitro groups is 1. The highest BCUT2D eigenvalue weighted by Crippen LogP contribution is 2.31. The SMILES string of the molecule is CCOC(=O)Cc1c(C=O)ccc([N+](=O)[O-])c1Br. The Kier molecular flexibility index (Phi) is 4.96. The second-order valence-electron chi connectivity index (χ2n) is 3.32. The van der Waals surface area contributed by atoms with E-state index in [0.717, 1.165) is 0 Å². The lowest BCUT2D eigenvalue weighted by Crippen LogP contribution is -2.10. The van der Waals surface area contributed by atoms with Gasteiger partial charge in [0.25, 0.3) is 5.69 Å². The van der Waals surface area contributed by atoms with E-state index in [4.69, 9.17) is 4.74 Å². The highest BCUT2D eigenvalue weighted by atomic mass is 79.9. The van der Waals surface area contributed by atoms with Crippen LogP contribution >= 0.6 is 15.9 Å². The highest BCUT2D eigenvalue weighted by molar-refractivity contribution is 9.10. The number of aldehydes is 1. The van der Waals surface area contributed by atoms with E-state index in [1.54, 1.807) is 6.92 Å². The van der Waals surface area contributed by atoms with Crippen LogP contribution in [-0.2, 0) is 16.0 Å². The Hall–Kier alpha value is -1.76. The van der Waals surface area contributed by atoms with Gasteiger partial charge in [-0.3, -0.25) is 19.7 Å². The zero-order valence-corrected chi connectivity index (χ0v) is 11.1. The van der Waals surface area contributed by atoms with Crippen LogP contribution < -0.4 is 0 Å². The number of ether oxygens (including phenoxy) is 1. The lowest BCUT2D eigenvalue weighted by molar-refractivity contribution is -0.385. The average Bonchev–Trinajstić information content (AvgIpc) is 2.31. The van der Waals surface area contributed by atoms with Crippen LogP contribution in [0.5, 0.6) is 0 Å². The van der Waals surface area contributed by atoms with Crippen molar-refractivity contribution < 1.29 is 19.2 Å². The van der Waals surface area contributed by atoms with Gasteiger partial charge in [-0.2, -0.15) is 0 Å². The second kappa shape index (κ2) is 6.25. The van der Waals surface area contributed by atoms with Gasteiger partial charge in [-0.25, -0.2) is 0 Å². The van der Waals surface area contributed by atoms with Crippen molar-refractivity contribution in [1.82, 2.24) is 0 Å². The molecule has 0 saturated heterocycles. The van der Waals surface area contributed by atoms with Crippen molar-refractivity contribution in [2.45, 2.75) is 13.3 Å². The van der Waals surface area contributed by atoms with Crippen molar-refractivity contribution in [3.63, 3.8) is 0 Å². The molecule has 0 aliphatic rings. The molecule has 0 aliphatic heterocycles. The molecule has 0 bridgehead atoms. The molecule has 0 aromatic heterocycles. The van der Waals surface area contributed by atoms with Gasteiger partial charge in [0.2, 0.25) is 0 Å². The molecule has 0 atom stereocenters. The Balaban J connectivity index is 3.21. The van der Waals surface area contributed by atoms with Gasteiger partial charge in [-0.1, -0.05) is 0 Å². The number of esters is 1. The van der Waals surface area contributed by atoms with Crippen LogP contribution in [0.25, 0.3) is 0 Å². The number of carbonyl (C=O) groups is 2. The summed E-state index contributed by atoms with van der Waals surface area (Å²) in [5.74, 6) is -0.540. The molecule has 96 valence electrons. The molecule has 0 spiro atoms. The third-order valence-electron chi connectivity index (χ3n) is 2.21. The third-order valence-corrected chi connectivity index (χ3v) is 3.09. The Morgan fingerprint density at radius 1 is 1.56 bits per heavy atom. The third kappa shape index (κ3) is 3.13. The Bertz CT molecular complexity index is 500. The molecule has 1 rings (SSSR count). The van der Waals surface area contributed by atoms with E-state index in [2.05, 4.69) is 15.9 Å². The molecule has 1 aromatic rings. The van der Waals surface area contributed by atoms with E-state index in [9.17, 15) is 19.7 Å². The van der Waals surface area contributed by atoms with Crippen LogP contribution in [0.2, 0.25) is 0 Å². The Labute approximate surface area is 111 Å². The second-order valence-corrected chi connectivity index (χ2v) is 4.12.